The molecule has 0 radical (unpaired) electrons. The average molecular weight is 405 g/mol. The molecular formula is C25H28N2O3. The van der Waals surface area contributed by atoms with E-state index in [0.717, 1.165) is 16.8 Å². The minimum atomic E-state index is -1.10. The molecule has 3 rings (SSSR count). The van der Waals surface area contributed by atoms with Gasteiger partial charge in [0.1, 0.15) is 0 Å². The summed E-state index contributed by atoms with van der Waals surface area (Å²) >= 11 is 0. The van der Waals surface area contributed by atoms with Gasteiger partial charge in [-0.15, -0.1) is 13.2 Å². The molecule has 1 aliphatic heterocycles. The quantitative estimate of drug-likeness (QED) is 0.589. The first-order chi connectivity index (χ1) is 14.6. The monoisotopic (exact) mass is 404 g/mol. The molecule has 0 bridgehead atoms. The number of aliphatic hydroxyl groups is 1. The van der Waals surface area contributed by atoms with Gasteiger partial charge in [-0.05, 0) is 24.0 Å². The minimum absolute atomic E-state index is 0.0799. The van der Waals surface area contributed by atoms with E-state index in [1.807, 2.05) is 36.4 Å². The van der Waals surface area contributed by atoms with Crippen LogP contribution in [-0.4, -0.2) is 35.0 Å². The second-order valence-corrected chi connectivity index (χ2v) is 7.56. The van der Waals surface area contributed by atoms with Crippen LogP contribution in [0.3, 0.4) is 0 Å². The van der Waals surface area contributed by atoms with Crippen LogP contribution in [0.15, 0.2) is 91.1 Å². The number of nitrogens with one attached hydrogen (secondary N) is 1. The van der Waals surface area contributed by atoms with Crippen LogP contribution in [0.1, 0.15) is 36.3 Å². The highest BCUT2D eigenvalue weighted by molar-refractivity contribution is 5.98. The van der Waals surface area contributed by atoms with Gasteiger partial charge in [0.25, 0.3) is 5.91 Å². The molecule has 0 aliphatic carbocycles. The Labute approximate surface area is 177 Å². The van der Waals surface area contributed by atoms with Gasteiger partial charge in [0.05, 0.1) is 17.2 Å². The lowest BCUT2D eigenvalue weighted by Crippen LogP contribution is -2.45. The summed E-state index contributed by atoms with van der Waals surface area (Å²) in [4.78, 5) is 18.2. The lowest BCUT2D eigenvalue weighted by molar-refractivity contribution is -0.132. The van der Waals surface area contributed by atoms with E-state index in [1.165, 1.54) is 0 Å². The van der Waals surface area contributed by atoms with Crippen molar-refractivity contribution in [1.82, 2.24) is 5.32 Å². The van der Waals surface area contributed by atoms with Gasteiger partial charge in [0.2, 0.25) is 6.10 Å². The summed E-state index contributed by atoms with van der Waals surface area (Å²) in [6, 6.07) is 20.1. The van der Waals surface area contributed by atoms with E-state index in [0.29, 0.717) is 19.3 Å². The summed E-state index contributed by atoms with van der Waals surface area (Å²) in [5.41, 5.74) is 1.90. The molecule has 5 heteroatoms. The van der Waals surface area contributed by atoms with Crippen molar-refractivity contribution in [2.75, 3.05) is 6.54 Å². The highest BCUT2D eigenvalue weighted by Crippen LogP contribution is 2.31. The van der Waals surface area contributed by atoms with Crippen LogP contribution in [-0.2, 0) is 9.63 Å². The molecule has 1 amide bonds. The number of benzene rings is 2. The van der Waals surface area contributed by atoms with E-state index in [-0.39, 0.29) is 18.4 Å². The van der Waals surface area contributed by atoms with Gasteiger partial charge in [-0.1, -0.05) is 78.0 Å². The van der Waals surface area contributed by atoms with Gasteiger partial charge in [-0.2, -0.15) is 0 Å². The fourth-order valence-electron chi connectivity index (χ4n) is 3.71. The smallest absolute Gasteiger partial charge is 0.264 e. The fraction of sp³-hybridized carbons (Fsp3) is 0.280. The predicted molar refractivity (Wildman–Crippen MR) is 119 cm³/mol. The topological polar surface area (TPSA) is 70.9 Å². The lowest BCUT2D eigenvalue weighted by atomic mass is 9.85. The van der Waals surface area contributed by atoms with E-state index in [9.17, 15) is 9.90 Å². The van der Waals surface area contributed by atoms with E-state index in [4.69, 9.17) is 4.84 Å². The number of carbonyl (C=O) groups is 1. The SMILES string of the molecule is C=CCC(O)(CC=C)CNC(=O)C1CC(C(c2ccccc2)c2ccccc2)=NO1. The van der Waals surface area contributed by atoms with Crippen molar-refractivity contribution in [1.29, 1.82) is 0 Å². The third-order valence-corrected chi connectivity index (χ3v) is 5.22. The van der Waals surface area contributed by atoms with Gasteiger partial charge in [0, 0.05) is 13.0 Å². The van der Waals surface area contributed by atoms with Gasteiger partial charge >= 0.3 is 0 Å². The molecule has 0 spiro atoms. The number of nitrogens with zero attached hydrogens (tertiary/aromatic N) is 1. The number of hydrogen-bond acceptors (Lipinski definition) is 4. The molecule has 1 unspecified atom stereocenters. The molecule has 2 aromatic carbocycles. The molecule has 0 saturated carbocycles. The maximum Gasteiger partial charge on any atom is 0.264 e. The number of hydrogen-bond donors (Lipinski definition) is 2. The number of oxime groups is 1. The average Bonchev–Trinajstić information content (AvgIpc) is 3.24. The van der Waals surface area contributed by atoms with Crippen molar-refractivity contribution in [3.05, 3.63) is 97.1 Å². The molecule has 2 N–H and O–H groups in total. The Bertz CT molecular complexity index is 844. The molecule has 30 heavy (non-hydrogen) atoms. The Kier molecular flexibility index (Phi) is 7.20. The zero-order valence-corrected chi connectivity index (χ0v) is 17.0. The normalized spacial score (nSPS) is 15.9. The number of carbonyl (C=O) groups excluding carboxylic acids is 1. The number of amides is 1. The number of rotatable bonds is 10. The Morgan fingerprint density at radius 1 is 1.10 bits per heavy atom. The minimum Gasteiger partial charge on any atom is -0.387 e. The molecule has 1 atom stereocenters. The first-order valence-electron chi connectivity index (χ1n) is 10.1. The van der Waals surface area contributed by atoms with Crippen molar-refractivity contribution in [2.45, 2.75) is 36.9 Å². The first-order valence-corrected chi connectivity index (χ1v) is 10.1. The van der Waals surface area contributed by atoms with Crippen LogP contribution in [0.5, 0.6) is 0 Å². The Balaban J connectivity index is 1.70. The van der Waals surface area contributed by atoms with Crippen LogP contribution < -0.4 is 5.32 Å². The Morgan fingerprint density at radius 3 is 2.13 bits per heavy atom. The first kappa shape index (κ1) is 21.5. The molecule has 5 nitrogen and oxygen atoms in total. The highest BCUT2D eigenvalue weighted by atomic mass is 16.6. The highest BCUT2D eigenvalue weighted by Gasteiger charge is 2.34. The van der Waals surface area contributed by atoms with Gasteiger partial charge < -0.3 is 15.3 Å². The zero-order chi connectivity index (χ0) is 21.4. The van der Waals surface area contributed by atoms with Crippen LogP contribution in [0.25, 0.3) is 0 Å². The molecule has 156 valence electrons. The fourth-order valence-corrected chi connectivity index (χ4v) is 3.71. The van der Waals surface area contributed by atoms with E-state index >= 15 is 0 Å². The summed E-state index contributed by atoms with van der Waals surface area (Å²) < 4.78 is 0. The third-order valence-electron chi connectivity index (χ3n) is 5.22. The molecular weight excluding hydrogens is 376 g/mol. The second-order valence-electron chi connectivity index (χ2n) is 7.56. The Morgan fingerprint density at radius 2 is 1.63 bits per heavy atom. The molecule has 0 saturated heterocycles. The molecule has 0 fully saturated rings. The van der Waals surface area contributed by atoms with E-state index in [1.54, 1.807) is 12.2 Å². The van der Waals surface area contributed by atoms with Crippen molar-refractivity contribution in [3.63, 3.8) is 0 Å². The molecule has 1 heterocycles. The predicted octanol–water partition coefficient (Wildman–Crippen LogP) is 3.96. The summed E-state index contributed by atoms with van der Waals surface area (Å²) in [5, 5.41) is 17.7. The van der Waals surface area contributed by atoms with Crippen molar-refractivity contribution >= 4 is 11.6 Å². The van der Waals surface area contributed by atoms with Crippen molar-refractivity contribution in [2.24, 2.45) is 5.16 Å². The Hall–Kier alpha value is -3.18. The summed E-state index contributed by atoms with van der Waals surface area (Å²) in [6.45, 7) is 7.44. The van der Waals surface area contributed by atoms with Crippen LogP contribution in [0.2, 0.25) is 0 Å². The molecule has 0 aromatic heterocycles. The van der Waals surface area contributed by atoms with Gasteiger partial charge in [-0.25, -0.2) is 0 Å². The zero-order valence-electron chi connectivity index (χ0n) is 17.0. The van der Waals surface area contributed by atoms with Crippen molar-refractivity contribution in [3.8, 4) is 0 Å². The van der Waals surface area contributed by atoms with E-state index < -0.39 is 11.7 Å². The summed E-state index contributed by atoms with van der Waals surface area (Å²) in [5.74, 6) is -0.371. The largest absolute Gasteiger partial charge is 0.387 e. The van der Waals surface area contributed by atoms with Gasteiger partial charge in [0.15, 0.2) is 0 Å². The lowest BCUT2D eigenvalue weighted by Gasteiger charge is -2.26. The summed E-state index contributed by atoms with van der Waals surface area (Å²) in [6.07, 6.45) is 3.65. The van der Waals surface area contributed by atoms with Crippen molar-refractivity contribution < 1.29 is 14.7 Å². The van der Waals surface area contributed by atoms with Crippen LogP contribution in [0.4, 0.5) is 0 Å². The maximum absolute atomic E-state index is 12.7. The third kappa shape index (κ3) is 5.24. The summed E-state index contributed by atoms with van der Waals surface area (Å²) in [7, 11) is 0. The van der Waals surface area contributed by atoms with Crippen LogP contribution >= 0.6 is 0 Å². The standard InChI is InChI=1S/C25H28N2O3/c1-3-15-25(29,16-4-2)18-26-24(28)22-17-21(27-30-22)23(19-11-7-5-8-12-19)20-13-9-6-10-14-20/h3-14,22-23,29H,1-2,15-18H2,(H,26,28). The van der Waals surface area contributed by atoms with Crippen LogP contribution in [0, 0.1) is 0 Å². The molecule has 1 aliphatic rings. The second kappa shape index (κ2) is 10.0. The van der Waals surface area contributed by atoms with E-state index in [2.05, 4.69) is 47.9 Å². The van der Waals surface area contributed by atoms with Gasteiger partial charge in [-0.3, -0.25) is 4.79 Å². The maximum atomic E-state index is 12.7. The molecule has 2 aromatic rings.